The van der Waals surface area contributed by atoms with Crippen molar-refractivity contribution in [2.24, 2.45) is 22.3 Å². The van der Waals surface area contributed by atoms with E-state index in [1.165, 1.54) is 6.92 Å². The lowest BCUT2D eigenvalue weighted by atomic mass is 9.90. The molecule has 0 spiro atoms. The molecule has 0 bridgehead atoms. The highest BCUT2D eigenvalue weighted by Gasteiger charge is 2.45. The number of benzene rings is 2. The zero-order chi connectivity index (χ0) is 22.1. The minimum absolute atomic E-state index is 0.117. The molecule has 6 N–H and O–H groups in total. The molecule has 1 aliphatic rings. The fourth-order valence-electron chi connectivity index (χ4n) is 3.67. The Morgan fingerprint density at radius 1 is 1.17 bits per heavy atom. The highest BCUT2D eigenvalue weighted by atomic mass is 35.5. The van der Waals surface area contributed by atoms with Gasteiger partial charge in [0.1, 0.15) is 6.04 Å². The van der Waals surface area contributed by atoms with Crippen molar-refractivity contribution in [3.63, 3.8) is 0 Å². The van der Waals surface area contributed by atoms with Crippen molar-refractivity contribution in [2.45, 2.75) is 31.6 Å². The standard InChI is InChI=1S/C21H25ClN6O2/c1-13(19(23)29)28(20(24)30)21(2,25)27-12-17(14-6-4-3-5-7-14)18(26-27)15-8-10-16(22)11-9-15/h3-11,13,17H,12,25H2,1-2H3,(H2,23,29)(H2,24,30)/t13-,17+,21-/m1/s1. The smallest absolute Gasteiger partial charge is 0.318 e. The van der Waals surface area contributed by atoms with E-state index in [9.17, 15) is 9.59 Å². The van der Waals surface area contributed by atoms with Gasteiger partial charge in [0.05, 0.1) is 12.3 Å². The number of rotatable bonds is 6. The number of carbonyl (C=O) groups is 2. The molecular weight excluding hydrogens is 404 g/mol. The van der Waals surface area contributed by atoms with Crippen molar-refractivity contribution < 1.29 is 9.59 Å². The zero-order valence-electron chi connectivity index (χ0n) is 16.8. The molecule has 0 aliphatic carbocycles. The maximum atomic E-state index is 12.2. The second-order valence-corrected chi connectivity index (χ2v) is 7.85. The quantitative estimate of drug-likeness (QED) is 0.607. The third-order valence-corrected chi connectivity index (χ3v) is 5.55. The van der Waals surface area contributed by atoms with E-state index in [0.29, 0.717) is 11.6 Å². The third-order valence-electron chi connectivity index (χ3n) is 5.30. The molecule has 0 saturated heterocycles. The second-order valence-electron chi connectivity index (χ2n) is 7.42. The summed E-state index contributed by atoms with van der Waals surface area (Å²) >= 11 is 6.04. The van der Waals surface area contributed by atoms with Gasteiger partial charge in [-0.25, -0.2) is 4.79 Å². The molecule has 9 heteroatoms. The van der Waals surface area contributed by atoms with E-state index in [0.717, 1.165) is 21.7 Å². The molecule has 0 radical (unpaired) electrons. The van der Waals surface area contributed by atoms with Gasteiger partial charge < -0.3 is 11.5 Å². The fourth-order valence-corrected chi connectivity index (χ4v) is 3.80. The summed E-state index contributed by atoms with van der Waals surface area (Å²) in [5.41, 5.74) is 20.2. The Bertz CT molecular complexity index is 961. The number of halogens is 1. The molecule has 3 atom stereocenters. The summed E-state index contributed by atoms with van der Waals surface area (Å²) in [5, 5.41) is 6.93. The lowest BCUT2D eigenvalue weighted by molar-refractivity contribution is -0.126. The molecule has 2 aromatic rings. The first-order valence-corrected chi connectivity index (χ1v) is 9.84. The van der Waals surface area contributed by atoms with Gasteiger partial charge in [-0.1, -0.05) is 54.1 Å². The molecule has 158 valence electrons. The van der Waals surface area contributed by atoms with Crippen molar-refractivity contribution in [1.82, 2.24) is 9.91 Å². The van der Waals surface area contributed by atoms with Crippen molar-refractivity contribution in [3.8, 4) is 0 Å². The molecule has 3 amide bonds. The number of amides is 3. The molecule has 30 heavy (non-hydrogen) atoms. The van der Waals surface area contributed by atoms with E-state index in [-0.39, 0.29) is 5.92 Å². The van der Waals surface area contributed by atoms with E-state index in [1.54, 1.807) is 24.1 Å². The van der Waals surface area contributed by atoms with Gasteiger partial charge in [0.2, 0.25) is 5.91 Å². The molecule has 0 saturated carbocycles. The molecule has 8 nitrogen and oxygen atoms in total. The summed E-state index contributed by atoms with van der Waals surface area (Å²) in [6.07, 6.45) is 0. The summed E-state index contributed by atoms with van der Waals surface area (Å²) in [4.78, 5) is 25.0. The number of hydrogen-bond donors (Lipinski definition) is 3. The molecule has 0 unspecified atom stereocenters. The van der Waals surface area contributed by atoms with E-state index in [2.05, 4.69) is 0 Å². The zero-order valence-corrected chi connectivity index (χ0v) is 17.6. The molecule has 1 heterocycles. The first kappa shape index (κ1) is 21.6. The van der Waals surface area contributed by atoms with Crippen LogP contribution in [0.3, 0.4) is 0 Å². The number of hydrazone groups is 1. The van der Waals surface area contributed by atoms with E-state index in [1.807, 2.05) is 42.5 Å². The molecular formula is C21H25ClN6O2. The van der Waals surface area contributed by atoms with Crippen LogP contribution in [0, 0.1) is 0 Å². The van der Waals surface area contributed by atoms with Crippen molar-refractivity contribution >= 4 is 29.3 Å². The molecule has 1 aliphatic heterocycles. The number of hydrogen-bond acceptors (Lipinski definition) is 5. The highest BCUT2D eigenvalue weighted by Crippen LogP contribution is 2.33. The van der Waals surface area contributed by atoms with Gasteiger partial charge in [-0.15, -0.1) is 0 Å². The molecule has 2 aromatic carbocycles. The summed E-state index contributed by atoms with van der Waals surface area (Å²) in [6.45, 7) is 3.44. The Hall–Kier alpha value is -3.10. The van der Waals surface area contributed by atoms with Crippen LogP contribution in [0.15, 0.2) is 59.7 Å². The van der Waals surface area contributed by atoms with Crippen LogP contribution in [0.2, 0.25) is 5.02 Å². The van der Waals surface area contributed by atoms with Crippen LogP contribution >= 0.6 is 11.6 Å². The van der Waals surface area contributed by atoms with Crippen molar-refractivity contribution in [1.29, 1.82) is 0 Å². The Kier molecular flexibility index (Phi) is 6.00. The minimum atomic E-state index is -1.48. The lowest BCUT2D eigenvalue weighted by Crippen LogP contribution is -2.69. The van der Waals surface area contributed by atoms with Gasteiger partial charge in [0.15, 0.2) is 5.79 Å². The van der Waals surface area contributed by atoms with Crippen LogP contribution in [0.4, 0.5) is 4.79 Å². The first-order chi connectivity index (χ1) is 14.1. The van der Waals surface area contributed by atoms with Crippen LogP contribution < -0.4 is 17.2 Å². The summed E-state index contributed by atoms with van der Waals surface area (Å²) in [5.74, 6) is -2.32. The predicted octanol–water partition coefficient (Wildman–Crippen LogP) is 2.03. The maximum Gasteiger partial charge on any atom is 0.318 e. The summed E-state index contributed by atoms with van der Waals surface area (Å²) in [7, 11) is 0. The van der Waals surface area contributed by atoms with Crippen molar-refractivity contribution in [3.05, 3.63) is 70.7 Å². The largest absolute Gasteiger partial charge is 0.368 e. The fraction of sp³-hybridized carbons (Fsp3) is 0.286. The monoisotopic (exact) mass is 428 g/mol. The van der Waals surface area contributed by atoms with Crippen LogP contribution in [0.5, 0.6) is 0 Å². The number of carbonyl (C=O) groups excluding carboxylic acids is 2. The van der Waals surface area contributed by atoms with Gasteiger partial charge in [0, 0.05) is 10.9 Å². The molecule has 0 fully saturated rings. The van der Waals surface area contributed by atoms with Crippen LogP contribution in [-0.2, 0) is 4.79 Å². The minimum Gasteiger partial charge on any atom is -0.368 e. The lowest BCUT2D eigenvalue weighted by Gasteiger charge is -2.44. The van der Waals surface area contributed by atoms with E-state index >= 15 is 0 Å². The predicted molar refractivity (Wildman–Crippen MR) is 117 cm³/mol. The van der Waals surface area contributed by atoms with Gasteiger partial charge >= 0.3 is 6.03 Å². The topological polar surface area (TPSA) is 131 Å². The van der Waals surface area contributed by atoms with Gasteiger partial charge in [-0.2, -0.15) is 5.10 Å². The number of nitrogens with two attached hydrogens (primary N) is 3. The highest BCUT2D eigenvalue weighted by molar-refractivity contribution is 6.30. The number of primary amides is 2. The van der Waals surface area contributed by atoms with E-state index < -0.39 is 23.8 Å². The Labute approximate surface area is 180 Å². The van der Waals surface area contributed by atoms with Crippen LogP contribution in [0.25, 0.3) is 0 Å². The Morgan fingerprint density at radius 2 is 1.77 bits per heavy atom. The Balaban J connectivity index is 2.05. The molecule has 3 rings (SSSR count). The van der Waals surface area contributed by atoms with Crippen molar-refractivity contribution in [2.75, 3.05) is 6.54 Å². The van der Waals surface area contributed by atoms with Gasteiger partial charge in [0.25, 0.3) is 0 Å². The second kappa shape index (κ2) is 8.33. The van der Waals surface area contributed by atoms with Crippen LogP contribution in [0.1, 0.15) is 30.9 Å². The summed E-state index contributed by atoms with van der Waals surface area (Å²) in [6, 6.07) is 15.3. The van der Waals surface area contributed by atoms with Crippen LogP contribution in [-0.4, -0.2) is 45.9 Å². The third kappa shape index (κ3) is 4.10. The maximum absolute atomic E-state index is 12.2. The average molecular weight is 429 g/mol. The van der Waals surface area contributed by atoms with E-state index in [4.69, 9.17) is 33.9 Å². The van der Waals surface area contributed by atoms with Gasteiger partial charge in [-0.05, 0) is 37.1 Å². The number of urea groups is 1. The summed E-state index contributed by atoms with van der Waals surface area (Å²) < 4.78 is 0. The molecule has 0 aromatic heterocycles. The average Bonchev–Trinajstić information content (AvgIpc) is 3.15. The first-order valence-electron chi connectivity index (χ1n) is 9.47. The Morgan fingerprint density at radius 3 is 2.30 bits per heavy atom. The number of nitrogens with zero attached hydrogens (tertiary/aromatic N) is 3. The normalized spacial score (nSPS) is 19.0. The van der Waals surface area contributed by atoms with Gasteiger partial charge in [-0.3, -0.25) is 20.4 Å². The SMILES string of the molecule is C[C@H](C(N)=O)N(C(N)=O)[C@](C)(N)N1C[C@@H](c2ccccc2)C(c2ccc(Cl)cc2)=N1.